The second-order valence-corrected chi connectivity index (χ2v) is 4.12. The minimum absolute atomic E-state index is 0.0607. The first kappa shape index (κ1) is 15.0. The number of furan rings is 1. The molecule has 1 aromatic heterocycles. The van der Waals surface area contributed by atoms with Crippen LogP contribution in [0.1, 0.15) is 21.9 Å². The van der Waals surface area contributed by atoms with Gasteiger partial charge in [0.05, 0.1) is 17.8 Å². The minimum Gasteiger partial charge on any atom is -0.455 e. The number of anilines is 1. The van der Waals surface area contributed by atoms with Crippen molar-refractivity contribution in [1.82, 2.24) is 0 Å². The fraction of sp³-hybridized carbons (Fsp3) is 0.154. The van der Waals surface area contributed by atoms with Crippen molar-refractivity contribution in [3.05, 3.63) is 53.2 Å². The van der Waals surface area contributed by atoms with Gasteiger partial charge in [-0.05, 0) is 30.3 Å². The van der Waals surface area contributed by atoms with Gasteiger partial charge in [0.2, 0.25) is 0 Å². The third-order valence-electron chi connectivity index (χ3n) is 2.63. The van der Waals surface area contributed by atoms with Crippen molar-refractivity contribution in [2.45, 2.75) is 12.7 Å². The van der Waals surface area contributed by atoms with Gasteiger partial charge in [-0.2, -0.15) is 13.2 Å². The standard InChI is InChI=1S/C13H10F4N2O2/c14-9-3-1-7(13(15,16)17)5-10(9)19-12(20)11-4-2-8(6-18)21-11/h1-5H,6,18H2,(H,19,20). The van der Waals surface area contributed by atoms with Crippen LogP contribution in [-0.2, 0) is 12.7 Å². The van der Waals surface area contributed by atoms with E-state index in [9.17, 15) is 22.4 Å². The average Bonchev–Trinajstić information content (AvgIpc) is 2.88. The molecule has 0 aliphatic heterocycles. The number of alkyl halides is 3. The van der Waals surface area contributed by atoms with Gasteiger partial charge in [-0.25, -0.2) is 4.39 Å². The summed E-state index contributed by atoms with van der Waals surface area (Å²) >= 11 is 0. The topological polar surface area (TPSA) is 68.3 Å². The van der Waals surface area contributed by atoms with Gasteiger partial charge in [0.25, 0.3) is 5.91 Å². The quantitative estimate of drug-likeness (QED) is 0.856. The molecule has 2 rings (SSSR count). The van der Waals surface area contributed by atoms with Crippen molar-refractivity contribution in [2.24, 2.45) is 5.73 Å². The summed E-state index contributed by atoms with van der Waals surface area (Å²) in [5, 5.41) is 2.03. The molecule has 0 radical (unpaired) electrons. The van der Waals surface area contributed by atoms with Crippen molar-refractivity contribution in [2.75, 3.05) is 5.32 Å². The van der Waals surface area contributed by atoms with Crippen LogP contribution in [0.25, 0.3) is 0 Å². The third-order valence-corrected chi connectivity index (χ3v) is 2.63. The van der Waals surface area contributed by atoms with E-state index in [1.807, 2.05) is 5.32 Å². The molecule has 1 amide bonds. The van der Waals surface area contributed by atoms with Gasteiger partial charge < -0.3 is 15.5 Å². The molecule has 0 saturated heterocycles. The fourth-order valence-corrected chi connectivity index (χ4v) is 1.59. The highest BCUT2D eigenvalue weighted by atomic mass is 19.4. The van der Waals surface area contributed by atoms with Crippen molar-refractivity contribution >= 4 is 11.6 Å². The molecule has 0 aliphatic rings. The molecule has 0 atom stereocenters. The van der Waals surface area contributed by atoms with Crippen LogP contribution in [0.4, 0.5) is 23.2 Å². The first-order valence-electron chi connectivity index (χ1n) is 5.78. The molecule has 3 N–H and O–H groups in total. The molecule has 0 bridgehead atoms. The summed E-state index contributed by atoms with van der Waals surface area (Å²) in [6.45, 7) is 0.0607. The summed E-state index contributed by atoms with van der Waals surface area (Å²) < 4.78 is 56.1. The van der Waals surface area contributed by atoms with E-state index in [1.165, 1.54) is 12.1 Å². The highest BCUT2D eigenvalue weighted by Crippen LogP contribution is 2.31. The minimum atomic E-state index is -4.63. The lowest BCUT2D eigenvalue weighted by Crippen LogP contribution is -2.14. The van der Waals surface area contributed by atoms with Gasteiger partial charge in [-0.1, -0.05) is 0 Å². The van der Waals surface area contributed by atoms with E-state index in [4.69, 9.17) is 10.2 Å². The van der Waals surface area contributed by atoms with Gasteiger partial charge in [0.1, 0.15) is 11.6 Å². The molecule has 112 valence electrons. The number of nitrogens with one attached hydrogen (secondary N) is 1. The number of carbonyl (C=O) groups excluding carboxylic acids is 1. The van der Waals surface area contributed by atoms with Gasteiger partial charge in [-0.3, -0.25) is 4.79 Å². The van der Waals surface area contributed by atoms with E-state index in [0.717, 1.165) is 0 Å². The van der Waals surface area contributed by atoms with Gasteiger partial charge >= 0.3 is 6.18 Å². The van der Waals surface area contributed by atoms with Crippen LogP contribution in [0.5, 0.6) is 0 Å². The molecule has 0 fully saturated rings. The smallest absolute Gasteiger partial charge is 0.416 e. The Morgan fingerprint density at radius 1 is 1.24 bits per heavy atom. The van der Waals surface area contributed by atoms with Crippen LogP contribution in [0, 0.1) is 5.82 Å². The number of hydrogen-bond acceptors (Lipinski definition) is 3. The molecule has 1 aromatic carbocycles. The van der Waals surface area contributed by atoms with E-state index in [1.54, 1.807) is 0 Å². The SMILES string of the molecule is NCc1ccc(C(=O)Nc2cc(C(F)(F)F)ccc2F)o1. The molecule has 21 heavy (non-hydrogen) atoms. The first-order valence-corrected chi connectivity index (χ1v) is 5.78. The van der Waals surface area contributed by atoms with Crippen molar-refractivity contribution in [3.63, 3.8) is 0 Å². The summed E-state index contributed by atoms with van der Waals surface area (Å²) in [6.07, 6.45) is -4.63. The number of halogens is 4. The zero-order chi connectivity index (χ0) is 15.6. The molecule has 0 unspecified atom stereocenters. The van der Waals surface area contributed by atoms with Gasteiger partial charge in [0, 0.05) is 0 Å². The molecule has 0 spiro atoms. The van der Waals surface area contributed by atoms with Crippen LogP contribution in [0.3, 0.4) is 0 Å². The summed E-state index contributed by atoms with van der Waals surface area (Å²) in [6, 6.07) is 4.47. The Balaban J connectivity index is 2.24. The maximum absolute atomic E-state index is 13.5. The van der Waals surface area contributed by atoms with Gasteiger partial charge in [-0.15, -0.1) is 0 Å². The van der Waals surface area contributed by atoms with E-state index in [0.29, 0.717) is 24.0 Å². The summed E-state index contributed by atoms with van der Waals surface area (Å²) in [5.74, 6) is -1.70. The van der Waals surface area contributed by atoms with E-state index in [2.05, 4.69) is 0 Å². The second kappa shape index (κ2) is 5.57. The highest BCUT2D eigenvalue weighted by molar-refractivity contribution is 6.02. The number of hydrogen-bond donors (Lipinski definition) is 2. The van der Waals surface area contributed by atoms with E-state index >= 15 is 0 Å². The van der Waals surface area contributed by atoms with Crippen LogP contribution in [0.15, 0.2) is 34.7 Å². The normalized spacial score (nSPS) is 11.5. The highest BCUT2D eigenvalue weighted by Gasteiger charge is 2.31. The molecular formula is C13H10F4N2O2. The lowest BCUT2D eigenvalue weighted by atomic mass is 10.2. The number of carbonyl (C=O) groups is 1. The summed E-state index contributed by atoms with van der Waals surface area (Å²) in [7, 11) is 0. The Morgan fingerprint density at radius 3 is 2.52 bits per heavy atom. The number of nitrogens with two attached hydrogens (primary N) is 1. The molecular weight excluding hydrogens is 292 g/mol. The lowest BCUT2D eigenvalue weighted by Gasteiger charge is -2.10. The molecule has 8 heteroatoms. The zero-order valence-corrected chi connectivity index (χ0v) is 10.5. The Bertz CT molecular complexity index is 664. The fourth-order valence-electron chi connectivity index (χ4n) is 1.59. The average molecular weight is 302 g/mol. The Labute approximate surface area is 116 Å². The van der Waals surface area contributed by atoms with Crippen LogP contribution >= 0.6 is 0 Å². The third kappa shape index (κ3) is 3.40. The number of benzene rings is 1. The largest absolute Gasteiger partial charge is 0.455 e. The molecule has 0 saturated carbocycles. The van der Waals surface area contributed by atoms with E-state index < -0.39 is 29.2 Å². The molecule has 0 aliphatic carbocycles. The predicted octanol–water partition coefficient (Wildman–Crippen LogP) is 3.15. The van der Waals surface area contributed by atoms with Crippen molar-refractivity contribution < 1.29 is 26.8 Å². The summed E-state index contributed by atoms with van der Waals surface area (Å²) in [4.78, 5) is 11.8. The predicted molar refractivity (Wildman–Crippen MR) is 66.0 cm³/mol. The van der Waals surface area contributed by atoms with Crippen molar-refractivity contribution in [3.8, 4) is 0 Å². The Morgan fingerprint density at radius 2 is 1.95 bits per heavy atom. The van der Waals surface area contributed by atoms with Crippen LogP contribution in [-0.4, -0.2) is 5.91 Å². The van der Waals surface area contributed by atoms with E-state index in [-0.39, 0.29) is 12.3 Å². The van der Waals surface area contributed by atoms with Gasteiger partial charge in [0.15, 0.2) is 5.76 Å². The molecule has 1 heterocycles. The van der Waals surface area contributed by atoms with Crippen LogP contribution in [0.2, 0.25) is 0 Å². The maximum Gasteiger partial charge on any atom is 0.416 e. The maximum atomic E-state index is 13.5. The number of amides is 1. The Kier molecular flexibility index (Phi) is 3.99. The number of rotatable bonds is 3. The zero-order valence-electron chi connectivity index (χ0n) is 10.5. The molecule has 2 aromatic rings. The monoisotopic (exact) mass is 302 g/mol. The lowest BCUT2D eigenvalue weighted by molar-refractivity contribution is -0.137. The first-order chi connectivity index (χ1) is 9.81. The Hall–Kier alpha value is -2.35. The summed E-state index contributed by atoms with van der Waals surface area (Å²) in [5.41, 5.74) is 3.65. The molecule has 4 nitrogen and oxygen atoms in total. The van der Waals surface area contributed by atoms with Crippen LogP contribution < -0.4 is 11.1 Å². The second-order valence-electron chi connectivity index (χ2n) is 4.12. The van der Waals surface area contributed by atoms with Crippen molar-refractivity contribution in [1.29, 1.82) is 0 Å².